The van der Waals surface area contributed by atoms with E-state index in [2.05, 4.69) is 9.97 Å². The molecule has 0 aliphatic carbocycles. The molecule has 2 heterocycles. The van der Waals surface area contributed by atoms with E-state index in [1.807, 2.05) is 0 Å². The van der Waals surface area contributed by atoms with Gasteiger partial charge >= 0.3 is 5.97 Å². The summed E-state index contributed by atoms with van der Waals surface area (Å²) in [5.74, 6) is -1.57. The minimum Gasteiger partial charge on any atom is -0.481 e. The number of carboxylic acid groups (broad SMARTS) is 1. The van der Waals surface area contributed by atoms with E-state index in [9.17, 15) is 9.18 Å². The number of hydrogen-bond donors (Lipinski definition) is 1. The summed E-state index contributed by atoms with van der Waals surface area (Å²) < 4.78 is 13.8. The SMILES string of the molecule is Cc1ncnc(N2CCC(C(=O)O)C2C)c1F. The van der Waals surface area contributed by atoms with Crippen molar-refractivity contribution < 1.29 is 14.3 Å². The number of anilines is 1. The van der Waals surface area contributed by atoms with E-state index in [4.69, 9.17) is 5.11 Å². The molecule has 2 unspecified atom stereocenters. The Bertz CT molecular complexity index is 452. The molecule has 1 aliphatic rings. The van der Waals surface area contributed by atoms with Crippen LogP contribution in [0.3, 0.4) is 0 Å². The molecule has 1 aliphatic heterocycles. The predicted molar refractivity (Wildman–Crippen MR) is 59.3 cm³/mol. The normalized spacial score (nSPS) is 24.1. The second-order valence-electron chi connectivity index (χ2n) is 4.26. The van der Waals surface area contributed by atoms with Gasteiger partial charge in [0.25, 0.3) is 0 Å². The summed E-state index contributed by atoms with van der Waals surface area (Å²) in [5.41, 5.74) is 0.279. The highest BCUT2D eigenvalue weighted by Gasteiger charge is 2.37. The summed E-state index contributed by atoms with van der Waals surface area (Å²) in [7, 11) is 0. The number of hydrogen-bond acceptors (Lipinski definition) is 4. The van der Waals surface area contributed by atoms with Gasteiger partial charge in [-0.1, -0.05) is 0 Å². The fourth-order valence-electron chi connectivity index (χ4n) is 2.21. The van der Waals surface area contributed by atoms with Crippen LogP contribution in [0.15, 0.2) is 6.33 Å². The molecule has 1 fully saturated rings. The quantitative estimate of drug-likeness (QED) is 0.840. The molecule has 0 spiro atoms. The Morgan fingerprint density at radius 3 is 2.88 bits per heavy atom. The van der Waals surface area contributed by atoms with Gasteiger partial charge in [0.2, 0.25) is 0 Å². The third-order valence-corrected chi connectivity index (χ3v) is 3.29. The van der Waals surface area contributed by atoms with Crippen molar-refractivity contribution in [3.63, 3.8) is 0 Å². The number of rotatable bonds is 2. The van der Waals surface area contributed by atoms with E-state index in [0.29, 0.717) is 13.0 Å². The first-order valence-electron chi connectivity index (χ1n) is 5.49. The predicted octanol–water partition coefficient (Wildman–Crippen LogP) is 1.22. The third kappa shape index (κ3) is 1.94. The zero-order chi connectivity index (χ0) is 12.6. The molecule has 1 saturated heterocycles. The minimum absolute atomic E-state index is 0.203. The summed E-state index contributed by atoms with van der Waals surface area (Å²) in [5, 5.41) is 9.02. The van der Waals surface area contributed by atoms with Crippen LogP contribution in [-0.4, -0.2) is 33.6 Å². The van der Waals surface area contributed by atoms with Crippen LogP contribution >= 0.6 is 0 Å². The van der Waals surface area contributed by atoms with Gasteiger partial charge in [0.1, 0.15) is 6.33 Å². The molecule has 92 valence electrons. The molecular weight excluding hydrogens is 225 g/mol. The molecule has 17 heavy (non-hydrogen) atoms. The summed E-state index contributed by atoms with van der Waals surface area (Å²) in [4.78, 5) is 20.4. The summed E-state index contributed by atoms with van der Waals surface area (Å²) in [6.07, 6.45) is 1.81. The number of nitrogens with zero attached hydrogens (tertiary/aromatic N) is 3. The molecule has 0 saturated carbocycles. The first-order chi connectivity index (χ1) is 8.02. The van der Waals surface area contributed by atoms with Crippen molar-refractivity contribution in [2.75, 3.05) is 11.4 Å². The molecule has 0 aromatic carbocycles. The molecule has 6 heteroatoms. The van der Waals surface area contributed by atoms with Crippen molar-refractivity contribution in [1.82, 2.24) is 9.97 Å². The van der Waals surface area contributed by atoms with Crippen LogP contribution in [-0.2, 0) is 4.79 Å². The summed E-state index contributed by atoms with van der Waals surface area (Å²) in [6, 6.07) is -0.253. The van der Waals surface area contributed by atoms with Gasteiger partial charge in [-0.05, 0) is 20.3 Å². The Kier molecular flexibility index (Phi) is 2.95. The Hall–Kier alpha value is -1.72. The van der Waals surface area contributed by atoms with Crippen molar-refractivity contribution in [1.29, 1.82) is 0 Å². The second-order valence-corrected chi connectivity index (χ2v) is 4.26. The van der Waals surface area contributed by atoms with Crippen molar-refractivity contribution >= 4 is 11.8 Å². The lowest BCUT2D eigenvalue weighted by Crippen LogP contribution is -2.34. The number of aromatic nitrogens is 2. The van der Waals surface area contributed by atoms with Gasteiger partial charge < -0.3 is 10.0 Å². The number of halogens is 1. The number of aliphatic carboxylic acids is 1. The smallest absolute Gasteiger partial charge is 0.308 e. The maximum atomic E-state index is 13.8. The average Bonchev–Trinajstić information content (AvgIpc) is 2.64. The van der Waals surface area contributed by atoms with Crippen LogP contribution in [0.2, 0.25) is 0 Å². The Morgan fingerprint density at radius 1 is 1.59 bits per heavy atom. The molecule has 1 aromatic rings. The maximum absolute atomic E-state index is 13.8. The van der Waals surface area contributed by atoms with E-state index < -0.39 is 17.7 Å². The fraction of sp³-hybridized carbons (Fsp3) is 0.545. The largest absolute Gasteiger partial charge is 0.481 e. The molecule has 0 amide bonds. The van der Waals surface area contributed by atoms with Crippen LogP contribution in [0.1, 0.15) is 19.0 Å². The van der Waals surface area contributed by atoms with Crippen LogP contribution in [0.25, 0.3) is 0 Å². The Labute approximate surface area is 98.3 Å². The molecule has 2 atom stereocenters. The van der Waals surface area contributed by atoms with Gasteiger partial charge in [0, 0.05) is 12.6 Å². The van der Waals surface area contributed by atoms with Gasteiger partial charge in [-0.3, -0.25) is 4.79 Å². The lowest BCUT2D eigenvalue weighted by molar-refractivity contribution is -0.141. The van der Waals surface area contributed by atoms with Crippen LogP contribution < -0.4 is 4.90 Å². The number of aryl methyl sites for hydroxylation is 1. The lowest BCUT2D eigenvalue weighted by atomic mass is 10.0. The maximum Gasteiger partial charge on any atom is 0.308 e. The summed E-state index contributed by atoms with van der Waals surface area (Å²) >= 11 is 0. The minimum atomic E-state index is -0.841. The molecule has 0 radical (unpaired) electrons. The van der Waals surface area contributed by atoms with E-state index >= 15 is 0 Å². The third-order valence-electron chi connectivity index (χ3n) is 3.29. The van der Waals surface area contributed by atoms with E-state index in [1.165, 1.54) is 6.33 Å². The van der Waals surface area contributed by atoms with Gasteiger partial charge in [0.05, 0.1) is 11.6 Å². The van der Waals surface area contributed by atoms with E-state index in [0.717, 1.165) is 0 Å². The topological polar surface area (TPSA) is 66.3 Å². The molecule has 0 bridgehead atoms. The highest BCUT2D eigenvalue weighted by Crippen LogP contribution is 2.30. The summed E-state index contributed by atoms with van der Waals surface area (Å²) in [6.45, 7) is 3.85. The zero-order valence-corrected chi connectivity index (χ0v) is 9.72. The van der Waals surface area contributed by atoms with Gasteiger partial charge in [-0.2, -0.15) is 0 Å². The molecule has 2 rings (SSSR count). The van der Waals surface area contributed by atoms with Gasteiger partial charge in [0.15, 0.2) is 11.6 Å². The van der Waals surface area contributed by atoms with Crippen LogP contribution in [0.5, 0.6) is 0 Å². The van der Waals surface area contributed by atoms with Gasteiger partial charge in [-0.25, -0.2) is 14.4 Å². The lowest BCUT2D eigenvalue weighted by Gasteiger charge is -2.24. The fourth-order valence-corrected chi connectivity index (χ4v) is 2.21. The highest BCUT2D eigenvalue weighted by molar-refractivity contribution is 5.72. The Morgan fingerprint density at radius 2 is 2.29 bits per heavy atom. The van der Waals surface area contributed by atoms with Crippen molar-refractivity contribution in [2.45, 2.75) is 26.3 Å². The van der Waals surface area contributed by atoms with Crippen LogP contribution in [0.4, 0.5) is 10.2 Å². The van der Waals surface area contributed by atoms with Crippen LogP contribution in [0, 0.1) is 18.7 Å². The average molecular weight is 239 g/mol. The van der Waals surface area contributed by atoms with Crippen molar-refractivity contribution in [3.8, 4) is 0 Å². The first kappa shape index (κ1) is 11.8. The van der Waals surface area contributed by atoms with Crippen molar-refractivity contribution in [2.24, 2.45) is 5.92 Å². The molecule has 5 nitrogen and oxygen atoms in total. The van der Waals surface area contributed by atoms with E-state index in [1.54, 1.807) is 18.7 Å². The molecular formula is C11H14FN3O2. The van der Waals surface area contributed by atoms with Gasteiger partial charge in [-0.15, -0.1) is 0 Å². The standard InChI is InChI=1S/C11H14FN3O2/c1-6-9(12)10(14-5-13-6)15-4-3-8(7(15)2)11(16)17/h5,7-8H,3-4H2,1-2H3,(H,16,17). The zero-order valence-electron chi connectivity index (χ0n) is 9.72. The first-order valence-corrected chi connectivity index (χ1v) is 5.49. The monoisotopic (exact) mass is 239 g/mol. The van der Waals surface area contributed by atoms with E-state index in [-0.39, 0.29) is 17.6 Å². The second kappa shape index (κ2) is 4.27. The number of carbonyl (C=O) groups is 1. The highest BCUT2D eigenvalue weighted by atomic mass is 19.1. The Balaban J connectivity index is 2.30. The van der Waals surface area contributed by atoms with Crippen molar-refractivity contribution in [3.05, 3.63) is 17.8 Å². The molecule has 1 aromatic heterocycles. The molecule has 1 N–H and O–H groups in total. The number of carboxylic acids is 1.